The highest BCUT2D eigenvalue weighted by Crippen LogP contribution is 2.02. The van der Waals surface area contributed by atoms with Gasteiger partial charge in [-0.25, -0.2) is 0 Å². The minimum atomic E-state index is -0.324. The lowest BCUT2D eigenvalue weighted by molar-refractivity contribution is 0.0278. The molecule has 0 heterocycles. The Balaban J connectivity index is 2.16. The molecule has 14 heavy (non-hydrogen) atoms. The van der Waals surface area contributed by atoms with E-state index < -0.39 is 0 Å². The number of hydrogen-bond acceptors (Lipinski definition) is 2. The van der Waals surface area contributed by atoms with Gasteiger partial charge in [0.1, 0.15) is 0 Å². The lowest BCUT2D eigenvalue weighted by Crippen LogP contribution is -2.15. The second kappa shape index (κ2) is 7.20. The molecule has 2 nitrogen and oxygen atoms in total. The van der Waals surface area contributed by atoms with Crippen molar-refractivity contribution in [2.24, 2.45) is 0 Å². The van der Waals surface area contributed by atoms with Gasteiger partial charge in [0.15, 0.2) is 0 Å². The SMILES string of the molecule is OC(CCI)COCc1ccccc1. The quantitative estimate of drug-likeness (QED) is 0.646. The first kappa shape index (κ1) is 11.9. The second-order valence-electron chi connectivity index (χ2n) is 3.13. The summed E-state index contributed by atoms with van der Waals surface area (Å²) < 4.78 is 6.35. The number of aliphatic hydroxyl groups is 1. The third-order valence-corrected chi connectivity index (χ3v) is 2.49. The normalized spacial score (nSPS) is 12.7. The fourth-order valence-corrected chi connectivity index (χ4v) is 1.82. The van der Waals surface area contributed by atoms with Crippen molar-refractivity contribution in [3.63, 3.8) is 0 Å². The Morgan fingerprint density at radius 3 is 2.64 bits per heavy atom. The summed E-state index contributed by atoms with van der Waals surface area (Å²) in [6.07, 6.45) is 0.477. The minimum Gasteiger partial charge on any atom is -0.391 e. The van der Waals surface area contributed by atoms with Crippen LogP contribution in [-0.4, -0.2) is 22.2 Å². The molecule has 3 heteroatoms. The first-order valence-corrected chi connectivity index (χ1v) is 6.21. The Morgan fingerprint density at radius 2 is 2.00 bits per heavy atom. The smallest absolute Gasteiger partial charge is 0.0781 e. The van der Waals surface area contributed by atoms with Crippen LogP contribution in [0.15, 0.2) is 30.3 Å². The Morgan fingerprint density at radius 1 is 1.29 bits per heavy atom. The summed E-state index contributed by atoms with van der Waals surface area (Å²) in [5, 5.41) is 9.40. The third-order valence-electron chi connectivity index (χ3n) is 1.86. The van der Waals surface area contributed by atoms with Gasteiger partial charge in [-0.05, 0) is 12.0 Å². The van der Waals surface area contributed by atoms with Crippen molar-refractivity contribution in [1.29, 1.82) is 0 Å². The molecule has 1 rings (SSSR count). The maximum Gasteiger partial charge on any atom is 0.0781 e. The van der Waals surface area contributed by atoms with E-state index in [9.17, 15) is 5.11 Å². The van der Waals surface area contributed by atoms with Gasteiger partial charge in [0, 0.05) is 4.43 Å². The molecule has 1 aromatic carbocycles. The van der Waals surface area contributed by atoms with Crippen molar-refractivity contribution in [3.8, 4) is 0 Å². The maximum absolute atomic E-state index is 9.40. The van der Waals surface area contributed by atoms with E-state index in [1.165, 1.54) is 0 Å². The predicted molar refractivity (Wildman–Crippen MR) is 65.6 cm³/mol. The minimum absolute atomic E-state index is 0.324. The summed E-state index contributed by atoms with van der Waals surface area (Å²) >= 11 is 2.25. The molecular weight excluding hydrogens is 291 g/mol. The number of aliphatic hydroxyl groups excluding tert-OH is 1. The molecule has 0 fully saturated rings. The molecule has 0 bridgehead atoms. The van der Waals surface area contributed by atoms with E-state index in [1.807, 2.05) is 30.3 Å². The Kier molecular flexibility index (Phi) is 6.14. The van der Waals surface area contributed by atoms with Crippen molar-refractivity contribution < 1.29 is 9.84 Å². The number of alkyl halides is 1. The van der Waals surface area contributed by atoms with Gasteiger partial charge in [-0.2, -0.15) is 0 Å². The van der Waals surface area contributed by atoms with Gasteiger partial charge in [0.2, 0.25) is 0 Å². The number of ether oxygens (including phenoxy) is 1. The summed E-state index contributed by atoms with van der Waals surface area (Å²) in [4.78, 5) is 0. The Bertz CT molecular complexity index is 238. The van der Waals surface area contributed by atoms with Crippen molar-refractivity contribution >= 4 is 22.6 Å². The van der Waals surface area contributed by atoms with Crippen LogP contribution in [0.3, 0.4) is 0 Å². The molecule has 1 unspecified atom stereocenters. The van der Waals surface area contributed by atoms with E-state index in [1.54, 1.807) is 0 Å². The molecular formula is C11H15IO2. The largest absolute Gasteiger partial charge is 0.391 e. The molecule has 0 aliphatic carbocycles. The number of hydrogen-bond donors (Lipinski definition) is 1. The van der Waals surface area contributed by atoms with E-state index in [4.69, 9.17) is 4.74 Å². The van der Waals surface area contributed by atoms with Crippen LogP contribution >= 0.6 is 22.6 Å². The van der Waals surface area contributed by atoms with Gasteiger partial charge in [0.25, 0.3) is 0 Å². The van der Waals surface area contributed by atoms with Crippen LogP contribution in [-0.2, 0) is 11.3 Å². The van der Waals surface area contributed by atoms with E-state index in [0.717, 1.165) is 16.4 Å². The average Bonchev–Trinajstić information content (AvgIpc) is 2.20. The van der Waals surface area contributed by atoms with Crippen LogP contribution in [0.5, 0.6) is 0 Å². The van der Waals surface area contributed by atoms with Gasteiger partial charge < -0.3 is 9.84 Å². The molecule has 0 aliphatic heterocycles. The number of benzene rings is 1. The maximum atomic E-state index is 9.40. The van der Waals surface area contributed by atoms with E-state index in [0.29, 0.717) is 13.2 Å². The molecule has 78 valence electrons. The van der Waals surface area contributed by atoms with E-state index in [2.05, 4.69) is 22.6 Å². The van der Waals surface area contributed by atoms with Gasteiger partial charge in [-0.3, -0.25) is 0 Å². The summed E-state index contributed by atoms with van der Waals surface area (Å²) in [5.41, 5.74) is 1.15. The highest BCUT2D eigenvalue weighted by molar-refractivity contribution is 14.1. The molecule has 1 aromatic rings. The Labute approximate surface area is 98.4 Å². The van der Waals surface area contributed by atoms with Crippen molar-refractivity contribution in [3.05, 3.63) is 35.9 Å². The number of rotatable bonds is 6. The average molecular weight is 306 g/mol. The molecule has 1 N–H and O–H groups in total. The van der Waals surface area contributed by atoms with E-state index >= 15 is 0 Å². The fourth-order valence-electron chi connectivity index (χ4n) is 1.10. The lowest BCUT2D eigenvalue weighted by atomic mass is 10.2. The topological polar surface area (TPSA) is 29.5 Å². The highest BCUT2D eigenvalue weighted by Gasteiger charge is 2.02. The monoisotopic (exact) mass is 306 g/mol. The molecule has 0 spiro atoms. The summed E-state index contributed by atoms with van der Waals surface area (Å²) in [6.45, 7) is 1.01. The predicted octanol–water partition coefficient (Wildman–Crippen LogP) is 2.39. The molecule has 0 saturated heterocycles. The van der Waals surface area contributed by atoms with Crippen molar-refractivity contribution in [1.82, 2.24) is 0 Å². The van der Waals surface area contributed by atoms with Crippen LogP contribution < -0.4 is 0 Å². The van der Waals surface area contributed by atoms with Crippen LogP contribution in [0.4, 0.5) is 0 Å². The van der Waals surface area contributed by atoms with Crippen LogP contribution in [0.1, 0.15) is 12.0 Å². The van der Waals surface area contributed by atoms with E-state index in [-0.39, 0.29) is 6.10 Å². The summed E-state index contributed by atoms with van der Waals surface area (Å²) in [5.74, 6) is 0. The zero-order valence-corrected chi connectivity index (χ0v) is 10.2. The molecule has 0 amide bonds. The molecule has 0 radical (unpaired) electrons. The summed E-state index contributed by atoms with van der Waals surface area (Å²) in [6, 6.07) is 9.99. The molecule has 0 saturated carbocycles. The van der Waals surface area contributed by atoms with Crippen LogP contribution in [0.25, 0.3) is 0 Å². The first-order chi connectivity index (χ1) is 6.83. The molecule has 0 aliphatic rings. The summed E-state index contributed by atoms with van der Waals surface area (Å²) in [7, 11) is 0. The fraction of sp³-hybridized carbons (Fsp3) is 0.455. The third kappa shape index (κ3) is 4.93. The van der Waals surface area contributed by atoms with Gasteiger partial charge in [0.05, 0.1) is 19.3 Å². The van der Waals surface area contributed by atoms with Crippen LogP contribution in [0.2, 0.25) is 0 Å². The van der Waals surface area contributed by atoms with Crippen molar-refractivity contribution in [2.75, 3.05) is 11.0 Å². The first-order valence-electron chi connectivity index (χ1n) is 4.68. The van der Waals surface area contributed by atoms with Crippen LogP contribution in [0, 0.1) is 0 Å². The highest BCUT2D eigenvalue weighted by atomic mass is 127. The van der Waals surface area contributed by atoms with Gasteiger partial charge >= 0.3 is 0 Å². The zero-order valence-electron chi connectivity index (χ0n) is 8.03. The number of halogens is 1. The standard InChI is InChI=1S/C11H15IO2/c12-7-6-11(13)9-14-8-10-4-2-1-3-5-10/h1-5,11,13H,6-9H2. The zero-order chi connectivity index (χ0) is 10.2. The lowest BCUT2D eigenvalue weighted by Gasteiger charge is -2.09. The molecule has 1 atom stereocenters. The van der Waals surface area contributed by atoms with Gasteiger partial charge in [-0.1, -0.05) is 52.9 Å². The van der Waals surface area contributed by atoms with Crippen molar-refractivity contribution in [2.45, 2.75) is 19.1 Å². The second-order valence-corrected chi connectivity index (χ2v) is 4.21. The van der Waals surface area contributed by atoms with Gasteiger partial charge in [-0.15, -0.1) is 0 Å². The Hall–Kier alpha value is -0.130. The molecule has 0 aromatic heterocycles.